The molecule has 29 heavy (non-hydrogen) atoms. The number of aryl methyl sites for hydroxylation is 1. The van der Waals surface area contributed by atoms with E-state index in [1.165, 1.54) is 7.11 Å². The Hall–Kier alpha value is -3.14. The number of hydrazone groups is 1. The molecule has 2 N–H and O–H groups in total. The number of phenolic OH excluding ortho intramolecular Hbond substituents is 1. The van der Waals surface area contributed by atoms with Crippen molar-refractivity contribution in [3.8, 4) is 11.5 Å². The van der Waals surface area contributed by atoms with Crippen molar-refractivity contribution in [2.45, 2.75) is 38.0 Å². The smallest absolute Gasteiger partial charge is 0.276 e. The second kappa shape index (κ2) is 8.08. The maximum atomic E-state index is 12.7. The number of non-ortho nitro benzene ring substituents is 1. The number of sulfonamides is 1. The minimum Gasteiger partial charge on any atom is -0.504 e. The number of ether oxygens (including phenoxy) is 1. The minimum absolute atomic E-state index is 0.0704. The summed E-state index contributed by atoms with van der Waals surface area (Å²) in [6.07, 6.45) is 0.978. The van der Waals surface area contributed by atoms with Crippen LogP contribution < -0.4 is 9.57 Å². The SMILES string of the molecule is COc1cc([N+](=O)[O-])cc(/C=N/NS(=O)(=O)c2cc(C(C)(C)C)ccc2C)c1O. The summed E-state index contributed by atoms with van der Waals surface area (Å²) in [5.74, 6) is -0.524. The second-order valence-electron chi connectivity index (χ2n) is 7.43. The van der Waals surface area contributed by atoms with Gasteiger partial charge >= 0.3 is 0 Å². The van der Waals surface area contributed by atoms with Gasteiger partial charge in [0.15, 0.2) is 11.5 Å². The van der Waals surface area contributed by atoms with E-state index < -0.39 is 20.7 Å². The summed E-state index contributed by atoms with van der Waals surface area (Å²) in [5, 5.41) is 24.8. The van der Waals surface area contributed by atoms with Crippen LogP contribution >= 0.6 is 0 Å². The van der Waals surface area contributed by atoms with Crippen molar-refractivity contribution in [3.05, 3.63) is 57.1 Å². The number of hydrogen-bond donors (Lipinski definition) is 2. The number of rotatable bonds is 6. The summed E-state index contributed by atoms with van der Waals surface area (Å²) in [6, 6.07) is 7.28. The van der Waals surface area contributed by atoms with Crippen LogP contribution in [-0.4, -0.2) is 31.8 Å². The van der Waals surface area contributed by atoms with E-state index in [4.69, 9.17) is 4.74 Å². The first-order chi connectivity index (χ1) is 13.4. The third-order valence-electron chi connectivity index (χ3n) is 4.24. The van der Waals surface area contributed by atoms with Crippen LogP contribution in [-0.2, 0) is 15.4 Å². The first-order valence-electron chi connectivity index (χ1n) is 8.58. The van der Waals surface area contributed by atoms with E-state index in [-0.39, 0.29) is 27.3 Å². The Balaban J connectivity index is 2.38. The molecule has 0 aliphatic heterocycles. The highest BCUT2D eigenvalue weighted by molar-refractivity contribution is 7.89. The molecule has 0 amide bonds. The van der Waals surface area contributed by atoms with Crippen molar-refractivity contribution in [3.63, 3.8) is 0 Å². The topological polar surface area (TPSA) is 131 Å². The van der Waals surface area contributed by atoms with Gasteiger partial charge in [-0.05, 0) is 29.5 Å². The highest BCUT2D eigenvalue weighted by Gasteiger charge is 2.21. The molecule has 2 rings (SSSR count). The van der Waals surface area contributed by atoms with Crippen LogP contribution in [0, 0.1) is 17.0 Å². The van der Waals surface area contributed by atoms with Gasteiger partial charge in [0.2, 0.25) is 0 Å². The van der Waals surface area contributed by atoms with Crippen molar-refractivity contribution in [1.29, 1.82) is 0 Å². The molecule has 0 spiro atoms. The summed E-state index contributed by atoms with van der Waals surface area (Å²) in [6.45, 7) is 7.58. The molecule has 0 atom stereocenters. The molecule has 2 aromatic rings. The van der Waals surface area contributed by atoms with Gasteiger partial charge < -0.3 is 9.84 Å². The maximum absolute atomic E-state index is 12.7. The average molecular weight is 421 g/mol. The molecule has 0 fully saturated rings. The molecule has 9 nitrogen and oxygen atoms in total. The molecular formula is C19H23N3O6S. The number of methoxy groups -OCH3 is 1. The number of nitro groups is 1. The molecule has 0 aliphatic carbocycles. The molecule has 10 heteroatoms. The summed E-state index contributed by atoms with van der Waals surface area (Å²) in [4.78, 5) is 12.5. The van der Waals surface area contributed by atoms with Crippen molar-refractivity contribution >= 4 is 21.9 Å². The predicted molar refractivity (Wildman–Crippen MR) is 109 cm³/mol. The molecule has 0 bridgehead atoms. The Morgan fingerprint density at radius 2 is 1.90 bits per heavy atom. The zero-order valence-corrected chi connectivity index (χ0v) is 17.6. The van der Waals surface area contributed by atoms with Crippen molar-refractivity contribution in [2.75, 3.05) is 7.11 Å². The summed E-state index contributed by atoms with van der Waals surface area (Å²) in [5.41, 5.74) is 0.734. The monoisotopic (exact) mass is 421 g/mol. The average Bonchev–Trinajstić information content (AvgIpc) is 2.62. The number of hydrogen-bond acceptors (Lipinski definition) is 7. The van der Waals surface area contributed by atoms with Gasteiger partial charge in [-0.1, -0.05) is 32.9 Å². The molecule has 156 valence electrons. The summed E-state index contributed by atoms with van der Waals surface area (Å²) < 4.78 is 30.3. The van der Waals surface area contributed by atoms with Crippen molar-refractivity contribution in [2.24, 2.45) is 5.10 Å². The van der Waals surface area contributed by atoms with E-state index in [9.17, 15) is 23.6 Å². The van der Waals surface area contributed by atoms with Gasteiger partial charge in [0.05, 0.1) is 29.2 Å². The Morgan fingerprint density at radius 3 is 2.45 bits per heavy atom. The highest BCUT2D eigenvalue weighted by Crippen LogP contribution is 2.33. The van der Waals surface area contributed by atoms with Gasteiger partial charge in [0.25, 0.3) is 15.7 Å². The second-order valence-corrected chi connectivity index (χ2v) is 9.06. The summed E-state index contributed by atoms with van der Waals surface area (Å²) >= 11 is 0. The van der Waals surface area contributed by atoms with E-state index in [2.05, 4.69) is 9.93 Å². The molecule has 0 unspecified atom stereocenters. The fourth-order valence-corrected chi connectivity index (χ4v) is 3.61. The van der Waals surface area contributed by atoms with Crippen LogP contribution in [0.15, 0.2) is 40.3 Å². The Bertz CT molecular complexity index is 1070. The third-order valence-corrected chi connectivity index (χ3v) is 5.60. The quantitative estimate of drug-likeness (QED) is 0.418. The fraction of sp³-hybridized carbons (Fsp3) is 0.316. The lowest BCUT2D eigenvalue weighted by Crippen LogP contribution is -2.21. The fourth-order valence-electron chi connectivity index (χ4n) is 2.54. The molecule has 2 aromatic carbocycles. The maximum Gasteiger partial charge on any atom is 0.276 e. The normalized spacial score (nSPS) is 12.2. The number of benzene rings is 2. The van der Waals surface area contributed by atoms with Crippen molar-refractivity contribution < 1.29 is 23.2 Å². The number of nitro benzene ring substituents is 1. The van der Waals surface area contributed by atoms with Crippen LogP contribution in [0.25, 0.3) is 0 Å². The first kappa shape index (κ1) is 22.2. The Labute approximate surface area is 169 Å². The van der Waals surface area contributed by atoms with Gasteiger partial charge in [0.1, 0.15) is 0 Å². The Kier molecular flexibility index (Phi) is 6.17. The molecule has 0 saturated heterocycles. The van der Waals surface area contributed by atoms with Crippen LogP contribution in [0.1, 0.15) is 37.5 Å². The highest BCUT2D eigenvalue weighted by atomic mass is 32.2. The van der Waals surface area contributed by atoms with E-state index >= 15 is 0 Å². The zero-order chi connectivity index (χ0) is 22.0. The van der Waals surface area contributed by atoms with Gasteiger partial charge in [-0.25, -0.2) is 4.83 Å². The van der Waals surface area contributed by atoms with Crippen LogP contribution in [0.3, 0.4) is 0 Å². The third kappa shape index (κ3) is 5.02. The first-order valence-corrected chi connectivity index (χ1v) is 10.1. The van der Waals surface area contributed by atoms with Gasteiger partial charge in [0, 0.05) is 11.6 Å². The molecule has 0 aromatic heterocycles. The minimum atomic E-state index is -3.99. The molecule has 0 radical (unpaired) electrons. The van der Waals surface area contributed by atoms with Crippen LogP contribution in [0.2, 0.25) is 0 Å². The van der Waals surface area contributed by atoms with E-state index in [1.807, 2.05) is 26.8 Å². The number of nitrogens with one attached hydrogen (secondary N) is 1. The lowest BCUT2D eigenvalue weighted by molar-refractivity contribution is -0.385. The van der Waals surface area contributed by atoms with Gasteiger partial charge in [-0.3, -0.25) is 10.1 Å². The molecule has 0 heterocycles. The van der Waals surface area contributed by atoms with Gasteiger partial charge in [-0.15, -0.1) is 0 Å². The number of aromatic hydroxyl groups is 1. The largest absolute Gasteiger partial charge is 0.504 e. The lowest BCUT2D eigenvalue weighted by Gasteiger charge is -2.20. The van der Waals surface area contributed by atoms with Crippen LogP contribution in [0.4, 0.5) is 5.69 Å². The van der Waals surface area contributed by atoms with E-state index in [0.29, 0.717) is 5.56 Å². The van der Waals surface area contributed by atoms with Crippen molar-refractivity contribution in [1.82, 2.24) is 4.83 Å². The Morgan fingerprint density at radius 1 is 1.24 bits per heavy atom. The molecular weight excluding hydrogens is 398 g/mol. The van der Waals surface area contributed by atoms with Gasteiger partial charge in [-0.2, -0.15) is 13.5 Å². The number of nitrogens with zero attached hydrogens (tertiary/aromatic N) is 2. The molecule has 0 saturated carbocycles. The van der Waals surface area contributed by atoms with Crippen LogP contribution in [0.5, 0.6) is 11.5 Å². The zero-order valence-electron chi connectivity index (χ0n) is 16.8. The molecule has 0 aliphatic rings. The summed E-state index contributed by atoms with van der Waals surface area (Å²) in [7, 11) is -2.75. The lowest BCUT2D eigenvalue weighted by atomic mass is 9.87. The van der Waals surface area contributed by atoms with E-state index in [0.717, 1.165) is 23.9 Å². The van der Waals surface area contributed by atoms with E-state index in [1.54, 1.807) is 19.1 Å². The number of phenols is 1. The predicted octanol–water partition coefficient (Wildman–Crippen LogP) is 3.23. The standard InChI is InChI=1S/C19H23N3O6S/c1-12-6-7-14(19(2,3)4)9-17(12)29(26,27)21-20-11-13-8-15(22(24)25)10-16(28-5)18(13)23/h6-11,21,23H,1-5H3/b20-11+.